The summed E-state index contributed by atoms with van der Waals surface area (Å²) in [7, 11) is 0. The molecule has 0 unspecified atom stereocenters. The number of hydrogen-bond donors (Lipinski definition) is 1. The maximum absolute atomic E-state index is 12.5. The Balaban J connectivity index is 1.87. The lowest BCUT2D eigenvalue weighted by molar-refractivity contribution is -0.161. The van der Waals surface area contributed by atoms with Crippen molar-refractivity contribution in [1.82, 2.24) is 4.98 Å². The number of esters is 2. The number of cyclic esters (lactones) is 2. The van der Waals surface area contributed by atoms with Crippen LogP contribution in [0.5, 0.6) is 0 Å². The molecule has 3 heterocycles. The summed E-state index contributed by atoms with van der Waals surface area (Å²) in [4.78, 5) is 29.3. The molecule has 0 aromatic carbocycles. The molecular formula is C16H20N2O4S. The number of carbonyl (C=O) groups excluding carboxylic acids is 2. The standard InChI is InChI=1S/C16H20N2O4S/c1-5-6-17-13-18-10(7-23-13)15(4)9-16(12(20)22-15)8-14(2,3)21-11(16)19/h5,7H,1,6,8-9H2,2-4H3,(H,17,18)/t15-,16+/m1/s1. The van der Waals surface area contributed by atoms with Crippen LogP contribution >= 0.6 is 11.3 Å². The number of ether oxygens (including phenoxy) is 2. The van der Waals surface area contributed by atoms with Gasteiger partial charge in [-0.05, 0) is 20.8 Å². The van der Waals surface area contributed by atoms with Crippen LogP contribution in [0.4, 0.5) is 5.13 Å². The fourth-order valence-electron chi connectivity index (χ4n) is 3.36. The fourth-order valence-corrected chi connectivity index (χ4v) is 4.20. The highest BCUT2D eigenvalue weighted by atomic mass is 32.1. The average Bonchev–Trinajstić information content (AvgIpc) is 3.06. The number of hydrogen-bond acceptors (Lipinski definition) is 7. The van der Waals surface area contributed by atoms with Crippen LogP contribution in [0.15, 0.2) is 18.0 Å². The molecule has 0 aliphatic carbocycles. The normalized spacial score (nSPS) is 32.0. The second kappa shape index (κ2) is 5.06. The van der Waals surface area contributed by atoms with Crippen LogP contribution in [0.2, 0.25) is 0 Å². The van der Waals surface area contributed by atoms with Gasteiger partial charge in [-0.1, -0.05) is 6.08 Å². The lowest BCUT2D eigenvalue weighted by Gasteiger charge is -2.20. The van der Waals surface area contributed by atoms with Gasteiger partial charge in [0.05, 0.1) is 5.69 Å². The molecule has 0 radical (unpaired) electrons. The zero-order valence-electron chi connectivity index (χ0n) is 13.5. The summed E-state index contributed by atoms with van der Waals surface area (Å²) >= 11 is 1.43. The first-order valence-corrected chi connectivity index (χ1v) is 8.36. The second-order valence-electron chi connectivity index (χ2n) is 6.91. The number of thiazole rings is 1. The molecule has 7 heteroatoms. The monoisotopic (exact) mass is 336 g/mol. The molecule has 1 aromatic heterocycles. The molecule has 1 spiro atoms. The van der Waals surface area contributed by atoms with E-state index in [1.807, 2.05) is 19.2 Å². The van der Waals surface area contributed by atoms with Crippen LogP contribution < -0.4 is 5.32 Å². The molecule has 2 saturated heterocycles. The molecule has 1 aromatic rings. The van der Waals surface area contributed by atoms with E-state index in [0.29, 0.717) is 18.7 Å². The summed E-state index contributed by atoms with van der Waals surface area (Å²) in [5.74, 6) is -0.999. The third-order valence-electron chi connectivity index (χ3n) is 4.28. The minimum absolute atomic E-state index is 0.256. The molecule has 6 nitrogen and oxygen atoms in total. The Morgan fingerprint density at radius 3 is 2.61 bits per heavy atom. The van der Waals surface area contributed by atoms with Crippen LogP contribution in [0.1, 0.15) is 39.3 Å². The predicted octanol–water partition coefficient (Wildman–Crippen LogP) is 2.62. The van der Waals surface area contributed by atoms with Crippen molar-refractivity contribution in [1.29, 1.82) is 0 Å². The van der Waals surface area contributed by atoms with Crippen molar-refractivity contribution >= 4 is 28.4 Å². The topological polar surface area (TPSA) is 77.5 Å². The Hall–Kier alpha value is -1.89. The number of aromatic nitrogens is 1. The highest BCUT2D eigenvalue weighted by Gasteiger charge is 2.67. The van der Waals surface area contributed by atoms with E-state index in [2.05, 4.69) is 16.9 Å². The van der Waals surface area contributed by atoms with Gasteiger partial charge in [0.25, 0.3) is 0 Å². The third-order valence-corrected chi connectivity index (χ3v) is 5.08. The van der Waals surface area contributed by atoms with Gasteiger partial charge in [0.2, 0.25) is 0 Å². The van der Waals surface area contributed by atoms with Crippen LogP contribution in [0.3, 0.4) is 0 Å². The Labute approximate surface area is 138 Å². The first kappa shape index (κ1) is 16.0. The summed E-state index contributed by atoms with van der Waals surface area (Å²) in [6.07, 6.45) is 2.33. The Bertz CT molecular complexity index is 683. The maximum Gasteiger partial charge on any atom is 0.324 e. The maximum atomic E-state index is 12.5. The highest BCUT2D eigenvalue weighted by molar-refractivity contribution is 7.13. The first-order valence-electron chi connectivity index (χ1n) is 7.48. The summed E-state index contributed by atoms with van der Waals surface area (Å²) in [6, 6.07) is 0. The smallest absolute Gasteiger partial charge is 0.324 e. The van der Waals surface area contributed by atoms with Crippen molar-refractivity contribution in [2.75, 3.05) is 11.9 Å². The first-order chi connectivity index (χ1) is 10.7. The molecule has 1 N–H and O–H groups in total. The Kier molecular flexibility index (Phi) is 3.51. The van der Waals surface area contributed by atoms with Crippen LogP contribution in [-0.2, 0) is 24.7 Å². The van der Waals surface area contributed by atoms with Gasteiger partial charge in [0.15, 0.2) is 16.1 Å². The molecular weight excluding hydrogens is 316 g/mol. The molecule has 0 amide bonds. The lowest BCUT2D eigenvalue weighted by Crippen LogP contribution is -2.32. The van der Waals surface area contributed by atoms with Gasteiger partial charge in [0, 0.05) is 24.8 Å². The van der Waals surface area contributed by atoms with Gasteiger partial charge >= 0.3 is 11.9 Å². The number of anilines is 1. The third kappa shape index (κ3) is 2.52. The van der Waals surface area contributed by atoms with E-state index in [1.54, 1.807) is 13.0 Å². The fraction of sp³-hybridized carbons (Fsp3) is 0.562. The number of carbonyl (C=O) groups is 2. The summed E-state index contributed by atoms with van der Waals surface area (Å²) < 4.78 is 11.0. The minimum Gasteiger partial charge on any atom is -0.459 e. The van der Waals surface area contributed by atoms with Crippen molar-refractivity contribution < 1.29 is 19.1 Å². The molecule has 0 saturated carbocycles. The van der Waals surface area contributed by atoms with Crippen molar-refractivity contribution in [3.8, 4) is 0 Å². The lowest BCUT2D eigenvalue weighted by atomic mass is 9.75. The van der Waals surface area contributed by atoms with Gasteiger partial charge in [-0.15, -0.1) is 17.9 Å². The van der Waals surface area contributed by atoms with Gasteiger partial charge < -0.3 is 14.8 Å². The zero-order valence-corrected chi connectivity index (χ0v) is 14.3. The Morgan fingerprint density at radius 1 is 1.30 bits per heavy atom. The van der Waals surface area contributed by atoms with Gasteiger partial charge in [-0.2, -0.15) is 0 Å². The van der Waals surface area contributed by atoms with Gasteiger partial charge in [-0.25, -0.2) is 4.98 Å². The molecule has 2 aliphatic rings. The van der Waals surface area contributed by atoms with E-state index in [0.717, 1.165) is 5.13 Å². The van der Waals surface area contributed by atoms with Gasteiger partial charge in [-0.3, -0.25) is 9.59 Å². The van der Waals surface area contributed by atoms with Crippen LogP contribution in [-0.4, -0.2) is 29.1 Å². The van der Waals surface area contributed by atoms with Crippen molar-refractivity contribution in [2.24, 2.45) is 5.41 Å². The molecule has 23 heavy (non-hydrogen) atoms. The highest BCUT2D eigenvalue weighted by Crippen LogP contribution is 2.54. The molecule has 3 rings (SSSR count). The summed E-state index contributed by atoms with van der Waals surface area (Å²) in [5.41, 5.74) is -2.13. The molecule has 2 atom stereocenters. The molecule has 2 fully saturated rings. The van der Waals surface area contributed by atoms with E-state index >= 15 is 0 Å². The van der Waals surface area contributed by atoms with E-state index in [-0.39, 0.29) is 6.42 Å². The number of nitrogens with zero attached hydrogens (tertiary/aromatic N) is 1. The Morgan fingerprint density at radius 2 is 2.00 bits per heavy atom. The summed E-state index contributed by atoms with van der Waals surface area (Å²) in [5, 5.41) is 5.69. The van der Waals surface area contributed by atoms with Crippen LogP contribution in [0, 0.1) is 5.41 Å². The van der Waals surface area contributed by atoms with Crippen molar-refractivity contribution in [3.63, 3.8) is 0 Å². The number of nitrogens with one attached hydrogen (secondary N) is 1. The largest absolute Gasteiger partial charge is 0.459 e. The zero-order chi connectivity index (χ0) is 16.9. The minimum atomic E-state index is -1.21. The second-order valence-corrected chi connectivity index (χ2v) is 7.77. The summed E-state index contributed by atoms with van der Waals surface area (Å²) in [6.45, 7) is 9.67. The van der Waals surface area contributed by atoms with Crippen LogP contribution in [0.25, 0.3) is 0 Å². The molecule has 0 bridgehead atoms. The predicted molar refractivity (Wildman–Crippen MR) is 86.1 cm³/mol. The molecule has 2 aliphatic heterocycles. The number of rotatable bonds is 4. The average molecular weight is 336 g/mol. The molecule has 124 valence electrons. The van der Waals surface area contributed by atoms with Crippen molar-refractivity contribution in [3.05, 3.63) is 23.7 Å². The quantitative estimate of drug-likeness (QED) is 0.517. The van der Waals surface area contributed by atoms with E-state index in [9.17, 15) is 9.59 Å². The SMILES string of the molecule is C=CCNc1nc([C@@]2(C)C[C@]3(CC(C)(C)OC3=O)C(=O)O2)cs1. The van der Waals surface area contributed by atoms with E-state index in [1.165, 1.54) is 11.3 Å². The van der Waals surface area contributed by atoms with E-state index < -0.39 is 28.6 Å². The van der Waals surface area contributed by atoms with Gasteiger partial charge in [0.1, 0.15) is 5.60 Å². The van der Waals surface area contributed by atoms with E-state index in [4.69, 9.17) is 9.47 Å². The van der Waals surface area contributed by atoms with Crippen molar-refractivity contribution in [2.45, 2.75) is 44.8 Å².